The molecule has 4 nitrogen and oxygen atoms in total. The summed E-state index contributed by atoms with van der Waals surface area (Å²) < 4.78 is 5.29. The average molecular weight is 276 g/mol. The maximum atomic E-state index is 12.0. The van der Waals surface area contributed by atoms with Gasteiger partial charge >= 0.3 is 11.9 Å². The van der Waals surface area contributed by atoms with Crippen LogP contribution in [0.2, 0.25) is 0 Å². The van der Waals surface area contributed by atoms with E-state index >= 15 is 0 Å². The first-order valence-electron chi connectivity index (χ1n) is 6.99. The molecule has 1 aliphatic carbocycles. The number of carboxylic acids is 1. The second kappa shape index (κ2) is 6.07. The molecule has 2 rings (SSSR count). The molecule has 0 spiro atoms. The van der Waals surface area contributed by atoms with Gasteiger partial charge < -0.3 is 9.84 Å². The topological polar surface area (TPSA) is 63.6 Å². The Morgan fingerprint density at radius 3 is 2.75 bits per heavy atom. The fourth-order valence-electron chi connectivity index (χ4n) is 2.46. The molecule has 0 saturated heterocycles. The van der Waals surface area contributed by atoms with Crippen molar-refractivity contribution in [2.45, 2.75) is 33.1 Å². The molecule has 0 heterocycles. The summed E-state index contributed by atoms with van der Waals surface area (Å²) in [6.07, 6.45) is 2.11. The number of aryl methyl sites for hydroxylation is 1. The monoisotopic (exact) mass is 276 g/mol. The smallest absolute Gasteiger partial charge is 0.335 e. The molecule has 0 aromatic heterocycles. The summed E-state index contributed by atoms with van der Waals surface area (Å²) in [6, 6.07) is 5.14. The van der Waals surface area contributed by atoms with E-state index in [1.54, 1.807) is 12.1 Å². The lowest BCUT2D eigenvalue weighted by Gasteiger charge is -2.23. The van der Waals surface area contributed by atoms with E-state index in [9.17, 15) is 9.59 Å². The molecule has 1 aromatic rings. The van der Waals surface area contributed by atoms with Crippen LogP contribution in [0.3, 0.4) is 0 Å². The third-order valence-electron chi connectivity index (χ3n) is 3.57. The van der Waals surface area contributed by atoms with Gasteiger partial charge in [0.1, 0.15) is 0 Å². The van der Waals surface area contributed by atoms with Gasteiger partial charge in [0.05, 0.1) is 18.1 Å². The molecule has 0 radical (unpaired) electrons. The zero-order chi connectivity index (χ0) is 14.7. The van der Waals surface area contributed by atoms with E-state index in [0.29, 0.717) is 24.5 Å². The fraction of sp³-hybridized carbons (Fsp3) is 0.500. The van der Waals surface area contributed by atoms with Gasteiger partial charge in [0.2, 0.25) is 0 Å². The quantitative estimate of drug-likeness (QED) is 0.859. The van der Waals surface area contributed by atoms with Crippen molar-refractivity contribution in [2.75, 3.05) is 6.61 Å². The van der Waals surface area contributed by atoms with E-state index in [0.717, 1.165) is 24.0 Å². The Hall–Kier alpha value is -1.84. The molecule has 1 N–H and O–H groups in total. The van der Waals surface area contributed by atoms with Crippen molar-refractivity contribution in [3.8, 4) is 0 Å². The van der Waals surface area contributed by atoms with Gasteiger partial charge in [-0.05, 0) is 48.4 Å². The molecular formula is C16H20O4. The van der Waals surface area contributed by atoms with Crippen LogP contribution in [0.1, 0.15) is 41.8 Å². The van der Waals surface area contributed by atoms with Crippen molar-refractivity contribution >= 4 is 11.9 Å². The van der Waals surface area contributed by atoms with Gasteiger partial charge in [-0.3, -0.25) is 4.79 Å². The number of ether oxygens (including phenoxy) is 1. The summed E-state index contributed by atoms with van der Waals surface area (Å²) in [5, 5.41) is 8.97. The minimum absolute atomic E-state index is 0.100. The molecule has 1 unspecified atom stereocenters. The van der Waals surface area contributed by atoms with Gasteiger partial charge in [0, 0.05) is 0 Å². The van der Waals surface area contributed by atoms with Crippen LogP contribution in [0.5, 0.6) is 0 Å². The molecule has 1 aliphatic rings. The molecule has 0 bridgehead atoms. The molecule has 20 heavy (non-hydrogen) atoms. The summed E-state index contributed by atoms with van der Waals surface area (Å²) in [5.41, 5.74) is 2.41. The van der Waals surface area contributed by atoms with Crippen molar-refractivity contribution < 1.29 is 19.4 Å². The maximum absolute atomic E-state index is 12.0. The predicted octanol–water partition coefficient (Wildman–Crippen LogP) is 2.69. The zero-order valence-corrected chi connectivity index (χ0v) is 11.9. The number of rotatable bonds is 4. The average Bonchev–Trinajstić information content (AvgIpc) is 2.43. The number of hydrogen-bond donors (Lipinski definition) is 1. The first-order valence-corrected chi connectivity index (χ1v) is 6.99. The number of carboxylic acid groups (broad SMARTS) is 1. The van der Waals surface area contributed by atoms with Gasteiger partial charge in [-0.1, -0.05) is 19.9 Å². The van der Waals surface area contributed by atoms with Crippen molar-refractivity contribution in [2.24, 2.45) is 11.8 Å². The summed E-state index contributed by atoms with van der Waals surface area (Å²) in [5.74, 6) is -0.803. The van der Waals surface area contributed by atoms with E-state index < -0.39 is 5.97 Å². The Morgan fingerprint density at radius 1 is 1.35 bits per heavy atom. The highest BCUT2D eigenvalue weighted by Crippen LogP contribution is 2.27. The number of hydrogen-bond acceptors (Lipinski definition) is 3. The number of aromatic carboxylic acids is 1. The normalized spacial score (nSPS) is 17.6. The van der Waals surface area contributed by atoms with Crippen LogP contribution >= 0.6 is 0 Å². The number of carbonyl (C=O) groups is 2. The minimum atomic E-state index is -0.911. The van der Waals surface area contributed by atoms with Crippen molar-refractivity contribution in [3.63, 3.8) is 0 Å². The molecule has 0 aliphatic heterocycles. The van der Waals surface area contributed by atoms with Crippen LogP contribution in [0.25, 0.3) is 0 Å². The molecule has 0 saturated carbocycles. The SMILES string of the molecule is CC(C)COC(=O)C1CCc2cc(C(=O)O)ccc2C1. The van der Waals surface area contributed by atoms with Crippen LogP contribution in [-0.2, 0) is 22.4 Å². The van der Waals surface area contributed by atoms with E-state index in [2.05, 4.69) is 0 Å². The lowest BCUT2D eigenvalue weighted by Crippen LogP contribution is -2.26. The van der Waals surface area contributed by atoms with E-state index in [4.69, 9.17) is 9.84 Å². The van der Waals surface area contributed by atoms with Crippen molar-refractivity contribution in [1.82, 2.24) is 0 Å². The molecule has 4 heteroatoms. The maximum Gasteiger partial charge on any atom is 0.335 e. The minimum Gasteiger partial charge on any atom is -0.478 e. The van der Waals surface area contributed by atoms with Crippen molar-refractivity contribution in [1.29, 1.82) is 0 Å². The summed E-state index contributed by atoms with van der Waals surface area (Å²) >= 11 is 0. The largest absolute Gasteiger partial charge is 0.478 e. The molecule has 108 valence electrons. The number of carbonyl (C=O) groups excluding carboxylic acids is 1. The van der Waals surface area contributed by atoms with E-state index in [-0.39, 0.29) is 11.9 Å². The van der Waals surface area contributed by atoms with Gasteiger partial charge in [-0.15, -0.1) is 0 Å². The fourth-order valence-corrected chi connectivity index (χ4v) is 2.46. The Morgan fingerprint density at radius 2 is 2.10 bits per heavy atom. The van der Waals surface area contributed by atoms with Crippen LogP contribution in [-0.4, -0.2) is 23.7 Å². The first-order chi connectivity index (χ1) is 9.47. The second-order valence-corrected chi connectivity index (χ2v) is 5.75. The number of esters is 1. The number of fused-ring (bicyclic) bond motifs is 1. The van der Waals surface area contributed by atoms with Crippen LogP contribution in [0.15, 0.2) is 18.2 Å². The highest BCUT2D eigenvalue weighted by Gasteiger charge is 2.26. The predicted molar refractivity (Wildman–Crippen MR) is 74.7 cm³/mol. The van der Waals surface area contributed by atoms with Gasteiger partial charge in [-0.25, -0.2) is 4.79 Å². The van der Waals surface area contributed by atoms with Gasteiger partial charge in [0.15, 0.2) is 0 Å². The third kappa shape index (κ3) is 3.38. The molecular weight excluding hydrogens is 256 g/mol. The lowest BCUT2D eigenvalue weighted by atomic mass is 9.83. The highest BCUT2D eigenvalue weighted by atomic mass is 16.5. The summed E-state index contributed by atoms with van der Waals surface area (Å²) in [7, 11) is 0. The number of benzene rings is 1. The van der Waals surface area contributed by atoms with Crippen LogP contribution in [0.4, 0.5) is 0 Å². The summed E-state index contributed by atoms with van der Waals surface area (Å²) in [6.45, 7) is 4.48. The van der Waals surface area contributed by atoms with E-state index in [1.807, 2.05) is 19.9 Å². The molecule has 0 amide bonds. The van der Waals surface area contributed by atoms with Crippen LogP contribution in [0, 0.1) is 11.8 Å². The van der Waals surface area contributed by atoms with Crippen LogP contribution < -0.4 is 0 Å². The Kier molecular flexibility index (Phi) is 4.42. The second-order valence-electron chi connectivity index (χ2n) is 5.75. The summed E-state index contributed by atoms with van der Waals surface area (Å²) in [4.78, 5) is 22.9. The highest BCUT2D eigenvalue weighted by molar-refractivity contribution is 5.88. The van der Waals surface area contributed by atoms with E-state index in [1.165, 1.54) is 0 Å². The first kappa shape index (κ1) is 14.6. The molecule has 1 atom stereocenters. The Labute approximate surface area is 118 Å². The zero-order valence-electron chi connectivity index (χ0n) is 11.9. The molecule has 1 aromatic carbocycles. The van der Waals surface area contributed by atoms with Crippen molar-refractivity contribution in [3.05, 3.63) is 34.9 Å². The van der Waals surface area contributed by atoms with Gasteiger partial charge in [-0.2, -0.15) is 0 Å². The molecule has 0 fully saturated rings. The Bertz CT molecular complexity index is 519. The lowest BCUT2D eigenvalue weighted by molar-refractivity contribution is -0.150. The Balaban J connectivity index is 2.04. The standard InChI is InChI=1S/C16H20O4/c1-10(2)9-20-16(19)14-6-4-11-7-13(15(17)18)5-3-12(11)8-14/h3,5,7,10,14H,4,6,8-9H2,1-2H3,(H,17,18). The third-order valence-corrected chi connectivity index (χ3v) is 3.57. The van der Waals surface area contributed by atoms with Gasteiger partial charge in [0.25, 0.3) is 0 Å².